The molecule has 0 aromatic rings. The van der Waals surface area contributed by atoms with Crippen LogP contribution in [0.3, 0.4) is 0 Å². The minimum Gasteiger partial charge on any atom is -0.462 e. The normalized spacial score (nSPS) is 11.8. The molecule has 0 rings (SSSR count). The lowest BCUT2D eigenvalue weighted by Gasteiger charge is -2.18. The standard InChI is InChI=1S/C41H78O6/c1-4-7-10-13-15-17-19-20-22-23-25-28-31-34-40(43)46-37-38(36-45-39(42)33-30-27-12-9-6-3)47-41(44)35-32-29-26-24-21-18-16-14-11-8-5-2/h38H,4-37H2,1-3H3/t38-/m1/s1. The zero-order chi connectivity index (χ0) is 34.5. The Balaban J connectivity index is 4.23. The lowest BCUT2D eigenvalue weighted by Crippen LogP contribution is -2.30. The van der Waals surface area contributed by atoms with Gasteiger partial charge < -0.3 is 14.2 Å². The van der Waals surface area contributed by atoms with Gasteiger partial charge in [-0.25, -0.2) is 0 Å². The van der Waals surface area contributed by atoms with E-state index < -0.39 is 6.10 Å². The number of unbranched alkanes of at least 4 members (excludes halogenated alkanes) is 26. The number of esters is 3. The van der Waals surface area contributed by atoms with Gasteiger partial charge in [-0.3, -0.25) is 14.4 Å². The molecular weight excluding hydrogens is 588 g/mol. The largest absolute Gasteiger partial charge is 0.462 e. The first-order chi connectivity index (χ1) is 23.0. The summed E-state index contributed by atoms with van der Waals surface area (Å²) in [5.74, 6) is -0.873. The van der Waals surface area contributed by atoms with Gasteiger partial charge in [0.2, 0.25) is 0 Å². The van der Waals surface area contributed by atoms with Gasteiger partial charge in [0, 0.05) is 19.3 Å². The molecule has 0 heterocycles. The number of rotatable bonds is 37. The van der Waals surface area contributed by atoms with Crippen LogP contribution in [0.4, 0.5) is 0 Å². The van der Waals surface area contributed by atoms with Crippen LogP contribution < -0.4 is 0 Å². The Kier molecular flexibility index (Phi) is 36.0. The van der Waals surface area contributed by atoms with E-state index in [1.54, 1.807) is 0 Å². The van der Waals surface area contributed by atoms with E-state index in [0.717, 1.165) is 64.2 Å². The first-order valence-corrected chi connectivity index (χ1v) is 20.5. The summed E-state index contributed by atoms with van der Waals surface area (Å²) in [7, 11) is 0. The van der Waals surface area contributed by atoms with Crippen molar-refractivity contribution in [3.8, 4) is 0 Å². The number of carbonyl (C=O) groups is 3. The highest BCUT2D eigenvalue weighted by molar-refractivity contribution is 5.71. The Morgan fingerprint density at radius 2 is 0.574 bits per heavy atom. The van der Waals surface area contributed by atoms with Crippen LogP contribution in [-0.4, -0.2) is 37.2 Å². The van der Waals surface area contributed by atoms with Crippen LogP contribution >= 0.6 is 0 Å². The summed E-state index contributed by atoms with van der Waals surface area (Å²) in [6, 6.07) is 0. The van der Waals surface area contributed by atoms with Gasteiger partial charge >= 0.3 is 17.9 Å². The molecule has 0 aliphatic carbocycles. The first kappa shape index (κ1) is 45.4. The predicted octanol–water partition coefficient (Wildman–Crippen LogP) is 12.5. The van der Waals surface area contributed by atoms with E-state index in [-0.39, 0.29) is 31.1 Å². The molecule has 0 radical (unpaired) electrons. The van der Waals surface area contributed by atoms with Gasteiger partial charge in [0.1, 0.15) is 13.2 Å². The topological polar surface area (TPSA) is 78.9 Å². The molecule has 278 valence electrons. The Hall–Kier alpha value is -1.59. The maximum Gasteiger partial charge on any atom is 0.306 e. The highest BCUT2D eigenvalue weighted by Crippen LogP contribution is 2.15. The predicted molar refractivity (Wildman–Crippen MR) is 197 cm³/mol. The van der Waals surface area contributed by atoms with Crippen LogP contribution in [0, 0.1) is 0 Å². The molecule has 6 heteroatoms. The van der Waals surface area contributed by atoms with Gasteiger partial charge in [0.25, 0.3) is 0 Å². The van der Waals surface area contributed by atoms with Crippen LogP contribution in [0.2, 0.25) is 0 Å². The van der Waals surface area contributed by atoms with Crippen molar-refractivity contribution in [2.45, 2.75) is 232 Å². The van der Waals surface area contributed by atoms with E-state index >= 15 is 0 Å². The van der Waals surface area contributed by atoms with Gasteiger partial charge in [-0.2, -0.15) is 0 Å². The molecule has 0 N–H and O–H groups in total. The van der Waals surface area contributed by atoms with Gasteiger partial charge in [-0.15, -0.1) is 0 Å². The summed E-state index contributed by atoms with van der Waals surface area (Å²) in [5.41, 5.74) is 0. The van der Waals surface area contributed by atoms with E-state index in [4.69, 9.17) is 14.2 Å². The summed E-state index contributed by atoms with van der Waals surface area (Å²) in [5, 5.41) is 0. The third-order valence-electron chi connectivity index (χ3n) is 9.11. The fourth-order valence-corrected chi connectivity index (χ4v) is 5.97. The molecule has 0 saturated heterocycles. The van der Waals surface area contributed by atoms with Crippen LogP contribution in [-0.2, 0) is 28.6 Å². The minimum atomic E-state index is -0.755. The third-order valence-corrected chi connectivity index (χ3v) is 9.11. The molecule has 0 aromatic carbocycles. The summed E-state index contributed by atoms with van der Waals surface area (Å²) in [6.07, 6.45) is 35.4. The average Bonchev–Trinajstić information content (AvgIpc) is 3.06. The summed E-state index contributed by atoms with van der Waals surface area (Å²) in [6.45, 7) is 6.55. The van der Waals surface area contributed by atoms with E-state index in [1.807, 2.05) is 0 Å². The van der Waals surface area contributed by atoms with E-state index in [2.05, 4.69) is 20.8 Å². The van der Waals surface area contributed by atoms with Gasteiger partial charge in [-0.05, 0) is 19.3 Å². The molecule has 0 bridgehead atoms. The number of hydrogen-bond donors (Lipinski definition) is 0. The third kappa shape index (κ3) is 35.5. The lowest BCUT2D eigenvalue weighted by atomic mass is 10.0. The highest BCUT2D eigenvalue weighted by Gasteiger charge is 2.19. The van der Waals surface area contributed by atoms with Crippen molar-refractivity contribution in [3.63, 3.8) is 0 Å². The summed E-state index contributed by atoms with van der Waals surface area (Å²) in [4.78, 5) is 37.3. The fourth-order valence-electron chi connectivity index (χ4n) is 5.97. The van der Waals surface area contributed by atoms with Gasteiger partial charge in [0.05, 0.1) is 0 Å². The molecule has 0 amide bonds. The van der Waals surface area contributed by atoms with E-state index in [1.165, 1.54) is 122 Å². The minimum absolute atomic E-state index is 0.0644. The van der Waals surface area contributed by atoms with Crippen LogP contribution in [0.5, 0.6) is 0 Å². The molecule has 0 saturated carbocycles. The second kappa shape index (κ2) is 37.2. The fraction of sp³-hybridized carbons (Fsp3) is 0.927. The highest BCUT2D eigenvalue weighted by atomic mass is 16.6. The maximum atomic E-state index is 12.6. The SMILES string of the molecule is CCCCCCCCCCCCCCCC(=O)OC[C@@H](COC(=O)CCCCCCC)OC(=O)CCCCCCCCCCCCC. The Morgan fingerprint density at radius 1 is 0.340 bits per heavy atom. The molecule has 0 aliphatic rings. The van der Waals surface area contributed by atoms with Crippen molar-refractivity contribution >= 4 is 17.9 Å². The molecule has 0 fully saturated rings. The van der Waals surface area contributed by atoms with Crippen molar-refractivity contribution in [2.24, 2.45) is 0 Å². The molecule has 0 unspecified atom stereocenters. The molecule has 47 heavy (non-hydrogen) atoms. The van der Waals surface area contributed by atoms with Crippen molar-refractivity contribution in [1.82, 2.24) is 0 Å². The lowest BCUT2D eigenvalue weighted by molar-refractivity contribution is -0.167. The van der Waals surface area contributed by atoms with Gasteiger partial charge in [0.15, 0.2) is 6.10 Å². The number of ether oxygens (including phenoxy) is 3. The molecule has 1 atom stereocenters. The zero-order valence-corrected chi connectivity index (χ0v) is 31.6. The number of carbonyl (C=O) groups excluding carboxylic acids is 3. The van der Waals surface area contributed by atoms with Gasteiger partial charge in [-0.1, -0.05) is 188 Å². The van der Waals surface area contributed by atoms with Crippen molar-refractivity contribution in [1.29, 1.82) is 0 Å². The molecular formula is C41H78O6. The zero-order valence-electron chi connectivity index (χ0n) is 31.6. The summed E-state index contributed by atoms with van der Waals surface area (Å²) < 4.78 is 16.5. The maximum absolute atomic E-state index is 12.6. The van der Waals surface area contributed by atoms with Crippen molar-refractivity contribution in [2.75, 3.05) is 13.2 Å². The van der Waals surface area contributed by atoms with Crippen LogP contribution in [0.1, 0.15) is 226 Å². The molecule has 0 spiro atoms. The second-order valence-electron chi connectivity index (χ2n) is 13.9. The van der Waals surface area contributed by atoms with Crippen molar-refractivity contribution < 1.29 is 28.6 Å². The second-order valence-corrected chi connectivity index (χ2v) is 13.9. The van der Waals surface area contributed by atoms with E-state index in [0.29, 0.717) is 19.3 Å². The Morgan fingerprint density at radius 3 is 0.851 bits per heavy atom. The quantitative estimate of drug-likeness (QED) is 0.0373. The summed E-state index contributed by atoms with van der Waals surface area (Å²) >= 11 is 0. The number of hydrogen-bond acceptors (Lipinski definition) is 6. The van der Waals surface area contributed by atoms with E-state index in [9.17, 15) is 14.4 Å². The Bertz CT molecular complexity index is 693. The average molecular weight is 667 g/mol. The molecule has 6 nitrogen and oxygen atoms in total. The molecule has 0 aromatic heterocycles. The van der Waals surface area contributed by atoms with Crippen LogP contribution in [0.25, 0.3) is 0 Å². The first-order valence-electron chi connectivity index (χ1n) is 20.5. The Labute approximate surface area is 291 Å². The monoisotopic (exact) mass is 667 g/mol. The molecule has 0 aliphatic heterocycles. The van der Waals surface area contributed by atoms with Crippen LogP contribution in [0.15, 0.2) is 0 Å². The van der Waals surface area contributed by atoms with Crippen molar-refractivity contribution in [3.05, 3.63) is 0 Å². The smallest absolute Gasteiger partial charge is 0.306 e.